The number of aromatic nitrogens is 2. The normalized spacial score (nSPS) is 11.8. The van der Waals surface area contributed by atoms with E-state index in [-0.39, 0.29) is 12.5 Å². The standard InChI is InChI=1S/C11H16N4O2/c1-3-10(16)13-6-9(11(12)17)4-8-5-14-15(2)7-8/h3,5,7,9H,1,4,6H2,2H3,(H2,12,17)(H,13,16)/t9-/m0/s1. The summed E-state index contributed by atoms with van der Waals surface area (Å²) in [7, 11) is 1.79. The molecule has 1 atom stereocenters. The van der Waals surface area contributed by atoms with Gasteiger partial charge in [0.1, 0.15) is 0 Å². The summed E-state index contributed by atoms with van der Waals surface area (Å²) < 4.78 is 1.65. The third-order valence-corrected chi connectivity index (χ3v) is 2.35. The van der Waals surface area contributed by atoms with Gasteiger partial charge in [0.2, 0.25) is 11.8 Å². The Balaban J connectivity index is 2.57. The largest absolute Gasteiger partial charge is 0.369 e. The molecule has 2 amide bonds. The molecule has 1 heterocycles. The molecule has 92 valence electrons. The second-order valence-corrected chi connectivity index (χ2v) is 3.77. The van der Waals surface area contributed by atoms with Gasteiger partial charge in [-0.2, -0.15) is 5.10 Å². The summed E-state index contributed by atoms with van der Waals surface area (Å²) in [6, 6.07) is 0. The molecule has 0 fully saturated rings. The highest BCUT2D eigenvalue weighted by Gasteiger charge is 2.17. The zero-order valence-electron chi connectivity index (χ0n) is 9.72. The highest BCUT2D eigenvalue weighted by molar-refractivity contribution is 5.87. The van der Waals surface area contributed by atoms with Gasteiger partial charge < -0.3 is 11.1 Å². The summed E-state index contributed by atoms with van der Waals surface area (Å²) in [5.41, 5.74) is 6.18. The molecule has 6 heteroatoms. The maximum absolute atomic E-state index is 11.2. The van der Waals surface area contributed by atoms with Crippen LogP contribution in [0.2, 0.25) is 0 Å². The van der Waals surface area contributed by atoms with Crippen molar-refractivity contribution in [1.29, 1.82) is 0 Å². The van der Waals surface area contributed by atoms with Gasteiger partial charge in [-0.1, -0.05) is 6.58 Å². The van der Waals surface area contributed by atoms with E-state index in [2.05, 4.69) is 17.0 Å². The van der Waals surface area contributed by atoms with Crippen LogP contribution in [0.5, 0.6) is 0 Å². The number of nitrogens with two attached hydrogens (primary N) is 1. The van der Waals surface area contributed by atoms with Crippen LogP contribution < -0.4 is 11.1 Å². The molecule has 1 rings (SSSR count). The van der Waals surface area contributed by atoms with Gasteiger partial charge in [0, 0.05) is 19.8 Å². The minimum absolute atomic E-state index is 0.203. The molecule has 0 saturated heterocycles. The summed E-state index contributed by atoms with van der Waals surface area (Å²) in [6.45, 7) is 3.53. The lowest BCUT2D eigenvalue weighted by molar-refractivity contribution is -0.122. The number of carbonyl (C=O) groups excluding carboxylic acids is 2. The van der Waals surface area contributed by atoms with Gasteiger partial charge in [-0.15, -0.1) is 0 Å². The van der Waals surface area contributed by atoms with Crippen molar-refractivity contribution in [3.63, 3.8) is 0 Å². The van der Waals surface area contributed by atoms with Crippen molar-refractivity contribution in [3.05, 3.63) is 30.6 Å². The summed E-state index contributed by atoms with van der Waals surface area (Å²) in [4.78, 5) is 22.2. The first kappa shape index (κ1) is 13.0. The Morgan fingerprint density at radius 1 is 1.71 bits per heavy atom. The second kappa shape index (κ2) is 5.83. The van der Waals surface area contributed by atoms with Crippen molar-refractivity contribution in [2.24, 2.45) is 18.7 Å². The van der Waals surface area contributed by atoms with E-state index < -0.39 is 11.8 Å². The summed E-state index contributed by atoms with van der Waals surface area (Å²) in [6.07, 6.45) is 5.10. The molecule has 1 aromatic rings. The molecule has 0 saturated carbocycles. The van der Waals surface area contributed by atoms with Crippen LogP contribution in [0.15, 0.2) is 25.0 Å². The molecular weight excluding hydrogens is 220 g/mol. The Morgan fingerprint density at radius 3 is 2.88 bits per heavy atom. The van der Waals surface area contributed by atoms with Crippen molar-refractivity contribution < 1.29 is 9.59 Å². The average molecular weight is 236 g/mol. The van der Waals surface area contributed by atoms with E-state index in [4.69, 9.17) is 5.73 Å². The van der Waals surface area contributed by atoms with Crippen molar-refractivity contribution in [2.45, 2.75) is 6.42 Å². The van der Waals surface area contributed by atoms with Gasteiger partial charge in [0.05, 0.1) is 12.1 Å². The van der Waals surface area contributed by atoms with Crippen LogP contribution >= 0.6 is 0 Å². The molecular formula is C11H16N4O2. The average Bonchev–Trinajstić information content (AvgIpc) is 2.69. The Morgan fingerprint density at radius 2 is 2.41 bits per heavy atom. The van der Waals surface area contributed by atoms with Crippen molar-refractivity contribution in [2.75, 3.05) is 6.54 Å². The van der Waals surface area contributed by atoms with E-state index in [1.165, 1.54) is 0 Å². The topological polar surface area (TPSA) is 90.0 Å². The van der Waals surface area contributed by atoms with E-state index in [0.717, 1.165) is 11.6 Å². The van der Waals surface area contributed by atoms with Crippen LogP contribution in [0.1, 0.15) is 5.56 Å². The van der Waals surface area contributed by atoms with Crippen molar-refractivity contribution in [3.8, 4) is 0 Å². The van der Waals surface area contributed by atoms with E-state index in [1.54, 1.807) is 17.9 Å². The summed E-state index contributed by atoms with van der Waals surface area (Å²) in [5.74, 6) is -1.20. The number of nitrogens with one attached hydrogen (secondary N) is 1. The number of aryl methyl sites for hydroxylation is 1. The van der Waals surface area contributed by atoms with Gasteiger partial charge >= 0.3 is 0 Å². The fourth-order valence-corrected chi connectivity index (χ4v) is 1.43. The lowest BCUT2D eigenvalue weighted by Crippen LogP contribution is -2.36. The number of nitrogens with zero attached hydrogens (tertiary/aromatic N) is 2. The predicted octanol–water partition coefficient (Wildman–Crippen LogP) is -0.634. The molecule has 3 N–H and O–H groups in total. The molecule has 0 aromatic carbocycles. The second-order valence-electron chi connectivity index (χ2n) is 3.77. The summed E-state index contributed by atoms with van der Waals surface area (Å²) in [5, 5.41) is 6.56. The van der Waals surface area contributed by atoms with Gasteiger partial charge in [-0.05, 0) is 18.1 Å². The molecule has 0 aliphatic heterocycles. The van der Waals surface area contributed by atoms with E-state index in [9.17, 15) is 9.59 Å². The maximum Gasteiger partial charge on any atom is 0.243 e. The first-order chi connectivity index (χ1) is 8.02. The van der Waals surface area contributed by atoms with Crippen LogP contribution in [0.25, 0.3) is 0 Å². The third-order valence-electron chi connectivity index (χ3n) is 2.35. The fraction of sp³-hybridized carbons (Fsp3) is 0.364. The maximum atomic E-state index is 11.2. The fourth-order valence-electron chi connectivity index (χ4n) is 1.43. The smallest absolute Gasteiger partial charge is 0.243 e. The summed E-state index contributed by atoms with van der Waals surface area (Å²) >= 11 is 0. The number of carbonyl (C=O) groups is 2. The van der Waals surface area contributed by atoms with Crippen LogP contribution in [0.4, 0.5) is 0 Å². The van der Waals surface area contributed by atoms with Gasteiger partial charge in [-0.3, -0.25) is 14.3 Å². The Hall–Kier alpha value is -2.11. The third kappa shape index (κ3) is 4.10. The predicted molar refractivity (Wildman–Crippen MR) is 62.8 cm³/mol. The Labute approximate surface area is 99.5 Å². The number of amides is 2. The highest BCUT2D eigenvalue weighted by atomic mass is 16.2. The number of hydrogen-bond acceptors (Lipinski definition) is 3. The molecule has 0 radical (unpaired) electrons. The first-order valence-electron chi connectivity index (χ1n) is 5.20. The van der Waals surface area contributed by atoms with Crippen molar-refractivity contribution >= 4 is 11.8 Å². The number of rotatable bonds is 6. The molecule has 1 aromatic heterocycles. The quantitative estimate of drug-likeness (QED) is 0.644. The zero-order chi connectivity index (χ0) is 12.8. The SMILES string of the molecule is C=CC(=O)NC[C@H](Cc1cnn(C)c1)C(N)=O. The lowest BCUT2D eigenvalue weighted by Gasteiger charge is -2.12. The molecule has 0 unspecified atom stereocenters. The van der Waals surface area contributed by atoms with E-state index >= 15 is 0 Å². The lowest BCUT2D eigenvalue weighted by atomic mass is 10.0. The molecule has 0 bridgehead atoms. The van der Waals surface area contributed by atoms with E-state index in [0.29, 0.717) is 6.42 Å². The van der Waals surface area contributed by atoms with Crippen molar-refractivity contribution in [1.82, 2.24) is 15.1 Å². The monoisotopic (exact) mass is 236 g/mol. The Bertz CT molecular complexity index is 425. The minimum Gasteiger partial charge on any atom is -0.369 e. The van der Waals surface area contributed by atoms with Crippen LogP contribution in [0, 0.1) is 5.92 Å². The van der Waals surface area contributed by atoms with Gasteiger partial charge in [-0.25, -0.2) is 0 Å². The molecule has 0 spiro atoms. The molecule has 17 heavy (non-hydrogen) atoms. The minimum atomic E-state index is -0.446. The molecule has 0 aliphatic rings. The van der Waals surface area contributed by atoms with Gasteiger partial charge in [0.15, 0.2) is 0 Å². The molecule has 0 aliphatic carbocycles. The highest BCUT2D eigenvalue weighted by Crippen LogP contribution is 2.06. The van der Waals surface area contributed by atoms with E-state index in [1.807, 2.05) is 6.20 Å². The first-order valence-corrected chi connectivity index (χ1v) is 5.20. The zero-order valence-corrected chi connectivity index (χ0v) is 9.72. The van der Waals surface area contributed by atoms with Crippen LogP contribution in [-0.2, 0) is 23.1 Å². The van der Waals surface area contributed by atoms with Gasteiger partial charge in [0.25, 0.3) is 0 Å². The number of hydrogen-bond donors (Lipinski definition) is 2. The molecule has 6 nitrogen and oxygen atoms in total. The van der Waals surface area contributed by atoms with Crippen LogP contribution in [-0.4, -0.2) is 28.1 Å². The number of primary amides is 1. The van der Waals surface area contributed by atoms with Crippen LogP contribution in [0.3, 0.4) is 0 Å². The Kier molecular flexibility index (Phi) is 4.45.